The lowest BCUT2D eigenvalue weighted by molar-refractivity contribution is 0.0683. The number of fused-ring (bicyclic) bond motifs is 1. The number of benzene rings is 2. The standard InChI is InChI=1S/C17H16ClFN2O/c1-2-9-21-16(11-3-6-13(19)7-4-11)20-15-10-12(18)5-8-14(15)17(21)22/h3-8,10,16,20H,2,9H2,1H3. The fourth-order valence-electron chi connectivity index (χ4n) is 2.70. The summed E-state index contributed by atoms with van der Waals surface area (Å²) in [4.78, 5) is 14.5. The van der Waals surface area contributed by atoms with Gasteiger partial charge in [-0.25, -0.2) is 4.39 Å². The molecule has 2 aromatic rings. The van der Waals surface area contributed by atoms with E-state index < -0.39 is 0 Å². The van der Waals surface area contributed by atoms with Gasteiger partial charge in [-0.1, -0.05) is 30.7 Å². The third-order valence-corrected chi connectivity index (χ3v) is 3.96. The summed E-state index contributed by atoms with van der Waals surface area (Å²) in [7, 11) is 0. The van der Waals surface area contributed by atoms with Crippen LogP contribution in [-0.4, -0.2) is 17.4 Å². The summed E-state index contributed by atoms with van der Waals surface area (Å²) in [6.07, 6.45) is 0.521. The zero-order valence-electron chi connectivity index (χ0n) is 12.1. The van der Waals surface area contributed by atoms with Gasteiger partial charge in [-0.2, -0.15) is 0 Å². The van der Waals surface area contributed by atoms with Crippen LogP contribution in [0.3, 0.4) is 0 Å². The molecule has 1 aliphatic heterocycles. The molecule has 2 aromatic carbocycles. The first kappa shape index (κ1) is 14.9. The Morgan fingerprint density at radius 3 is 2.64 bits per heavy atom. The number of amides is 1. The predicted octanol–water partition coefficient (Wildman–Crippen LogP) is 4.46. The highest BCUT2D eigenvalue weighted by Crippen LogP contribution is 2.34. The van der Waals surface area contributed by atoms with Crippen molar-refractivity contribution in [2.75, 3.05) is 11.9 Å². The number of nitrogens with zero attached hydrogens (tertiary/aromatic N) is 1. The maximum Gasteiger partial charge on any atom is 0.257 e. The van der Waals surface area contributed by atoms with E-state index in [0.717, 1.165) is 12.0 Å². The number of carbonyl (C=O) groups excluding carboxylic acids is 1. The summed E-state index contributed by atoms with van der Waals surface area (Å²) in [5.74, 6) is -0.335. The molecule has 1 unspecified atom stereocenters. The number of hydrogen-bond donors (Lipinski definition) is 1. The smallest absolute Gasteiger partial charge is 0.257 e. The van der Waals surface area contributed by atoms with Crippen molar-refractivity contribution in [3.8, 4) is 0 Å². The van der Waals surface area contributed by atoms with Crippen molar-refractivity contribution in [3.05, 3.63) is 64.4 Å². The molecule has 0 bridgehead atoms. The minimum Gasteiger partial charge on any atom is -0.361 e. The second kappa shape index (κ2) is 5.97. The van der Waals surface area contributed by atoms with Crippen molar-refractivity contribution < 1.29 is 9.18 Å². The van der Waals surface area contributed by atoms with Crippen molar-refractivity contribution in [2.24, 2.45) is 0 Å². The molecule has 1 heterocycles. The summed E-state index contributed by atoms with van der Waals surface area (Å²) in [5.41, 5.74) is 2.16. The fourth-order valence-corrected chi connectivity index (χ4v) is 2.87. The van der Waals surface area contributed by atoms with Gasteiger partial charge in [0, 0.05) is 11.6 Å². The van der Waals surface area contributed by atoms with Gasteiger partial charge in [0.05, 0.1) is 11.3 Å². The third kappa shape index (κ3) is 2.66. The molecule has 1 aliphatic rings. The average Bonchev–Trinajstić information content (AvgIpc) is 2.50. The van der Waals surface area contributed by atoms with Gasteiger partial charge < -0.3 is 10.2 Å². The van der Waals surface area contributed by atoms with Gasteiger partial charge in [0.1, 0.15) is 12.0 Å². The molecule has 3 rings (SSSR count). The van der Waals surface area contributed by atoms with E-state index in [2.05, 4.69) is 5.32 Å². The highest BCUT2D eigenvalue weighted by Gasteiger charge is 2.32. The van der Waals surface area contributed by atoms with Gasteiger partial charge in [-0.3, -0.25) is 4.79 Å². The molecule has 0 saturated heterocycles. The Bertz CT molecular complexity index is 702. The molecule has 114 valence electrons. The van der Waals surface area contributed by atoms with Crippen LogP contribution in [0.25, 0.3) is 0 Å². The lowest BCUT2D eigenvalue weighted by Gasteiger charge is -2.38. The van der Waals surface area contributed by atoms with Crippen molar-refractivity contribution in [2.45, 2.75) is 19.5 Å². The molecule has 3 nitrogen and oxygen atoms in total. The fraction of sp³-hybridized carbons (Fsp3) is 0.235. The zero-order chi connectivity index (χ0) is 15.7. The second-order valence-corrected chi connectivity index (χ2v) is 5.72. The number of carbonyl (C=O) groups is 1. The summed E-state index contributed by atoms with van der Waals surface area (Å²) in [5, 5.41) is 3.91. The van der Waals surface area contributed by atoms with Gasteiger partial charge in [-0.05, 0) is 42.3 Å². The molecule has 0 aliphatic carbocycles. The SMILES string of the molecule is CCCN1C(=O)c2ccc(Cl)cc2NC1c1ccc(F)cc1. The summed E-state index contributed by atoms with van der Waals surface area (Å²) in [6.45, 7) is 2.64. The Morgan fingerprint density at radius 1 is 1.23 bits per heavy atom. The molecule has 1 N–H and O–H groups in total. The number of rotatable bonds is 3. The number of halogens is 2. The van der Waals surface area contributed by atoms with Crippen LogP contribution >= 0.6 is 11.6 Å². The highest BCUT2D eigenvalue weighted by molar-refractivity contribution is 6.31. The monoisotopic (exact) mass is 318 g/mol. The van der Waals surface area contributed by atoms with Gasteiger partial charge in [0.15, 0.2) is 0 Å². The van der Waals surface area contributed by atoms with Crippen molar-refractivity contribution >= 4 is 23.2 Å². The summed E-state index contributed by atoms with van der Waals surface area (Å²) >= 11 is 6.02. The molecule has 0 aromatic heterocycles. The van der Waals surface area contributed by atoms with Crippen molar-refractivity contribution in [1.82, 2.24) is 4.90 Å². The summed E-state index contributed by atoms with van der Waals surface area (Å²) in [6, 6.07) is 11.4. The van der Waals surface area contributed by atoms with Crippen LogP contribution in [0.1, 0.15) is 35.4 Å². The van der Waals surface area contributed by atoms with Crippen molar-refractivity contribution in [1.29, 1.82) is 0 Å². The van der Waals surface area contributed by atoms with E-state index in [1.54, 1.807) is 35.2 Å². The average molecular weight is 319 g/mol. The Hall–Kier alpha value is -2.07. The van der Waals surface area contributed by atoms with Gasteiger partial charge >= 0.3 is 0 Å². The van der Waals surface area contributed by atoms with E-state index in [0.29, 0.717) is 22.8 Å². The minimum atomic E-state index is -0.320. The molecule has 22 heavy (non-hydrogen) atoms. The van der Waals surface area contributed by atoms with Crippen LogP contribution in [0.2, 0.25) is 5.02 Å². The van der Waals surface area contributed by atoms with E-state index in [9.17, 15) is 9.18 Å². The van der Waals surface area contributed by atoms with Gasteiger partial charge in [0.25, 0.3) is 5.91 Å². The zero-order valence-corrected chi connectivity index (χ0v) is 12.9. The van der Waals surface area contributed by atoms with Crippen LogP contribution in [0.4, 0.5) is 10.1 Å². The predicted molar refractivity (Wildman–Crippen MR) is 85.5 cm³/mol. The number of hydrogen-bond acceptors (Lipinski definition) is 2. The molecule has 5 heteroatoms. The minimum absolute atomic E-state index is 0.0402. The molecule has 0 spiro atoms. The van der Waals surface area contributed by atoms with Crippen LogP contribution in [0, 0.1) is 5.82 Å². The molecule has 1 atom stereocenters. The molecular formula is C17H16ClFN2O. The molecule has 0 radical (unpaired) electrons. The molecule has 1 amide bonds. The first-order chi connectivity index (χ1) is 10.6. The Morgan fingerprint density at radius 2 is 1.95 bits per heavy atom. The van der Waals surface area contributed by atoms with Crippen LogP contribution in [0.15, 0.2) is 42.5 Å². The van der Waals surface area contributed by atoms with E-state index in [-0.39, 0.29) is 17.9 Å². The van der Waals surface area contributed by atoms with E-state index >= 15 is 0 Å². The largest absolute Gasteiger partial charge is 0.361 e. The van der Waals surface area contributed by atoms with Crippen LogP contribution < -0.4 is 5.32 Å². The Balaban J connectivity index is 2.04. The maximum atomic E-state index is 13.1. The molecule has 0 saturated carbocycles. The van der Waals surface area contributed by atoms with E-state index in [1.807, 2.05) is 6.92 Å². The topological polar surface area (TPSA) is 32.3 Å². The quantitative estimate of drug-likeness (QED) is 0.906. The number of anilines is 1. The normalized spacial score (nSPS) is 17.1. The van der Waals surface area contributed by atoms with E-state index in [4.69, 9.17) is 11.6 Å². The number of nitrogens with one attached hydrogen (secondary N) is 1. The second-order valence-electron chi connectivity index (χ2n) is 5.29. The van der Waals surface area contributed by atoms with Crippen molar-refractivity contribution in [3.63, 3.8) is 0 Å². The lowest BCUT2D eigenvalue weighted by atomic mass is 10.0. The highest BCUT2D eigenvalue weighted by atomic mass is 35.5. The molecule has 0 fully saturated rings. The Kier molecular flexibility index (Phi) is 4.03. The van der Waals surface area contributed by atoms with Gasteiger partial charge in [-0.15, -0.1) is 0 Å². The first-order valence-corrected chi connectivity index (χ1v) is 7.60. The van der Waals surface area contributed by atoms with Crippen LogP contribution in [-0.2, 0) is 0 Å². The van der Waals surface area contributed by atoms with Gasteiger partial charge in [0.2, 0.25) is 0 Å². The molecular weight excluding hydrogens is 303 g/mol. The Labute approximate surface area is 133 Å². The summed E-state index contributed by atoms with van der Waals surface area (Å²) < 4.78 is 13.1. The maximum absolute atomic E-state index is 13.1. The first-order valence-electron chi connectivity index (χ1n) is 7.22. The lowest BCUT2D eigenvalue weighted by Crippen LogP contribution is -2.43. The van der Waals surface area contributed by atoms with E-state index in [1.165, 1.54) is 12.1 Å². The van der Waals surface area contributed by atoms with Crippen LogP contribution in [0.5, 0.6) is 0 Å². The third-order valence-electron chi connectivity index (χ3n) is 3.73.